The zero-order chi connectivity index (χ0) is 23.2. The van der Waals surface area contributed by atoms with Gasteiger partial charge >= 0.3 is 0 Å². The van der Waals surface area contributed by atoms with E-state index in [1.807, 2.05) is 84.3 Å². The summed E-state index contributed by atoms with van der Waals surface area (Å²) in [6.45, 7) is 2.57. The average Bonchev–Trinajstić information content (AvgIpc) is 3.25. The van der Waals surface area contributed by atoms with Crippen LogP contribution in [0.2, 0.25) is 0 Å². The lowest BCUT2D eigenvalue weighted by Crippen LogP contribution is -2.20. The Hall–Kier alpha value is -4.24. The standard InChI is InChI=1S/C31H23NO2/c1-20-14-16-21(17-15-20)27(33)18-23-11-7-13-26-28(23)29(22-8-3-2-4-9-22)30-25-12-6-5-10-24(25)19-32(30)31(26)34/h2-17H,18-19H2,1H3. The predicted molar refractivity (Wildman–Crippen MR) is 137 cm³/mol. The third-order valence-electron chi connectivity index (χ3n) is 6.77. The van der Waals surface area contributed by atoms with Crippen LogP contribution in [0.4, 0.5) is 0 Å². The van der Waals surface area contributed by atoms with E-state index < -0.39 is 0 Å². The van der Waals surface area contributed by atoms with Crippen LogP contribution in [-0.2, 0) is 13.0 Å². The van der Waals surface area contributed by atoms with E-state index in [0.717, 1.165) is 44.5 Å². The van der Waals surface area contributed by atoms with Crippen LogP contribution in [0.15, 0.2) is 102 Å². The highest BCUT2D eigenvalue weighted by Gasteiger charge is 2.27. The molecule has 0 saturated heterocycles. The van der Waals surface area contributed by atoms with Gasteiger partial charge in [0.05, 0.1) is 12.2 Å². The Morgan fingerprint density at radius 1 is 0.824 bits per heavy atom. The molecule has 164 valence electrons. The van der Waals surface area contributed by atoms with E-state index in [-0.39, 0.29) is 17.8 Å². The summed E-state index contributed by atoms with van der Waals surface area (Å²) < 4.78 is 1.89. The van der Waals surface area contributed by atoms with Gasteiger partial charge in [-0.3, -0.25) is 9.59 Å². The largest absolute Gasteiger partial charge is 0.303 e. The van der Waals surface area contributed by atoms with Gasteiger partial charge in [-0.15, -0.1) is 0 Å². The van der Waals surface area contributed by atoms with Crippen molar-refractivity contribution in [2.45, 2.75) is 19.9 Å². The molecule has 0 N–H and O–H groups in total. The minimum Gasteiger partial charge on any atom is -0.303 e. The zero-order valence-corrected chi connectivity index (χ0v) is 18.9. The smallest absolute Gasteiger partial charge is 0.259 e. The van der Waals surface area contributed by atoms with E-state index in [2.05, 4.69) is 24.3 Å². The second-order valence-corrected chi connectivity index (χ2v) is 8.94. The minimum absolute atomic E-state index is 0.00878. The molecule has 34 heavy (non-hydrogen) atoms. The fourth-order valence-electron chi connectivity index (χ4n) is 5.11. The van der Waals surface area contributed by atoms with Crippen molar-refractivity contribution < 1.29 is 4.79 Å². The molecule has 0 radical (unpaired) electrons. The number of pyridine rings is 1. The van der Waals surface area contributed by atoms with E-state index in [9.17, 15) is 9.59 Å². The van der Waals surface area contributed by atoms with Gasteiger partial charge in [-0.05, 0) is 29.7 Å². The number of hydrogen-bond donors (Lipinski definition) is 0. The van der Waals surface area contributed by atoms with Gasteiger partial charge in [0.25, 0.3) is 5.56 Å². The summed E-state index contributed by atoms with van der Waals surface area (Å²) in [5.41, 5.74) is 7.91. The highest BCUT2D eigenvalue weighted by atomic mass is 16.1. The first-order valence-corrected chi connectivity index (χ1v) is 11.5. The molecule has 3 heteroatoms. The molecule has 0 bridgehead atoms. The first-order chi connectivity index (χ1) is 16.6. The van der Waals surface area contributed by atoms with Crippen LogP contribution in [0.1, 0.15) is 27.0 Å². The quantitative estimate of drug-likeness (QED) is 0.296. The number of aryl methyl sites for hydroxylation is 1. The molecule has 2 heterocycles. The Kier molecular flexibility index (Phi) is 4.77. The number of ketones is 1. The number of carbonyl (C=O) groups excluding carboxylic acids is 1. The van der Waals surface area contributed by atoms with Crippen LogP contribution in [-0.4, -0.2) is 10.4 Å². The van der Waals surface area contributed by atoms with Crippen molar-refractivity contribution in [2.75, 3.05) is 0 Å². The van der Waals surface area contributed by atoms with Crippen LogP contribution in [0, 0.1) is 6.92 Å². The number of carbonyl (C=O) groups is 1. The lowest BCUT2D eigenvalue weighted by molar-refractivity contribution is 0.0993. The molecule has 5 aromatic rings. The predicted octanol–water partition coefficient (Wildman–Crippen LogP) is 6.43. The molecule has 6 rings (SSSR count). The van der Waals surface area contributed by atoms with Crippen molar-refractivity contribution in [3.8, 4) is 22.4 Å². The Morgan fingerprint density at radius 3 is 2.35 bits per heavy atom. The number of hydrogen-bond acceptors (Lipinski definition) is 2. The molecule has 0 spiro atoms. The molecule has 3 nitrogen and oxygen atoms in total. The Bertz CT molecular complexity index is 1630. The summed E-state index contributed by atoms with van der Waals surface area (Å²) in [6, 6.07) is 31.9. The summed E-state index contributed by atoms with van der Waals surface area (Å²) in [6.07, 6.45) is 0.241. The number of benzene rings is 4. The van der Waals surface area contributed by atoms with Crippen molar-refractivity contribution in [1.29, 1.82) is 0 Å². The number of rotatable bonds is 4. The van der Waals surface area contributed by atoms with Crippen molar-refractivity contribution in [3.63, 3.8) is 0 Å². The van der Waals surface area contributed by atoms with E-state index in [1.54, 1.807) is 0 Å². The van der Waals surface area contributed by atoms with Gasteiger partial charge in [0, 0.05) is 33.9 Å². The Morgan fingerprint density at radius 2 is 1.56 bits per heavy atom. The van der Waals surface area contributed by atoms with E-state index in [0.29, 0.717) is 17.5 Å². The Labute approximate surface area is 197 Å². The highest BCUT2D eigenvalue weighted by molar-refractivity contribution is 6.08. The fraction of sp³-hybridized carbons (Fsp3) is 0.0968. The second-order valence-electron chi connectivity index (χ2n) is 8.94. The molecule has 1 aliphatic rings. The fourth-order valence-corrected chi connectivity index (χ4v) is 5.11. The molecular weight excluding hydrogens is 418 g/mol. The monoisotopic (exact) mass is 441 g/mol. The molecule has 0 unspecified atom stereocenters. The number of aromatic nitrogens is 1. The molecule has 1 aliphatic heterocycles. The molecule has 0 amide bonds. The lowest BCUT2D eigenvalue weighted by Gasteiger charge is -2.18. The summed E-state index contributed by atoms with van der Waals surface area (Å²) in [5.74, 6) is 0.0486. The van der Waals surface area contributed by atoms with Crippen molar-refractivity contribution >= 4 is 16.6 Å². The average molecular weight is 442 g/mol. The lowest BCUT2D eigenvalue weighted by atomic mass is 9.89. The third-order valence-corrected chi connectivity index (χ3v) is 6.77. The number of fused-ring (bicyclic) bond motifs is 4. The Balaban J connectivity index is 1.65. The van der Waals surface area contributed by atoms with Gasteiger partial charge in [-0.1, -0.05) is 96.6 Å². The molecule has 0 aliphatic carbocycles. The molecule has 0 saturated carbocycles. The van der Waals surface area contributed by atoms with Gasteiger partial charge in [0.1, 0.15) is 0 Å². The summed E-state index contributed by atoms with van der Waals surface area (Å²) in [5, 5.41) is 1.53. The van der Waals surface area contributed by atoms with Crippen LogP contribution < -0.4 is 5.56 Å². The van der Waals surface area contributed by atoms with E-state index in [1.165, 1.54) is 0 Å². The SMILES string of the molecule is Cc1ccc(C(=O)Cc2cccc3c(=O)n4c(c(-c5ccccc5)c23)-c2ccccc2C4)cc1. The van der Waals surface area contributed by atoms with Gasteiger partial charge in [-0.2, -0.15) is 0 Å². The number of Topliss-reactive ketones (excluding diaryl/α,β-unsaturated/α-hetero) is 1. The first-order valence-electron chi connectivity index (χ1n) is 11.5. The maximum Gasteiger partial charge on any atom is 0.259 e. The van der Waals surface area contributed by atoms with Crippen LogP contribution >= 0.6 is 0 Å². The molecule has 0 fully saturated rings. The van der Waals surface area contributed by atoms with Crippen molar-refractivity contribution in [3.05, 3.63) is 130 Å². The maximum atomic E-state index is 13.7. The second kappa shape index (κ2) is 7.96. The molecule has 1 aromatic heterocycles. The zero-order valence-electron chi connectivity index (χ0n) is 18.9. The number of nitrogens with zero attached hydrogens (tertiary/aromatic N) is 1. The van der Waals surface area contributed by atoms with E-state index in [4.69, 9.17) is 0 Å². The highest BCUT2D eigenvalue weighted by Crippen LogP contribution is 2.42. The molecule has 0 atom stereocenters. The van der Waals surface area contributed by atoms with Crippen molar-refractivity contribution in [2.24, 2.45) is 0 Å². The summed E-state index contributed by atoms with van der Waals surface area (Å²) in [4.78, 5) is 26.9. The minimum atomic E-state index is -0.00878. The normalized spacial score (nSPS) is 11.9. The first kappa shape index (κ1) is 20.4. The molecular formula is C31H23NO2. The maximum absolute atomic E-state index is 13.7. The van der Waals surface area contributed by atoms with E-state index >= 15 is 0 Å². The van der Waals surface area contributed by atoms with Crippen LogP contribution in [0.25, 0.3) is 33.2 Å². The van der Waals surface area contributed by atoms with Crippen LogP contribution in [0.5, 0.6) is 0 Å². The molecule has 4 aromatic carbocycles. The summed E-state index contributed by atoms with van der Waals surface area (Å²) in [7, 11) is 0. The van der Waals surface area contributed by atoms with Gasteiger partial charge < -0.3 is 4.57 Å². The van der Waals surface area contributed by atoms with Gasteiger partial charge in [0.15, 0.2) is 5.78 Å². The third kappa shape index (κ3) is 3.20. The van der Waals surface area contributed by atoms with Gasteiger partial charge in [-0.25, -0.2) is 0 Å². The van der Waals surface area contributed by atoms with Crippen LogP contribution in [0.3, 0.4) is 0 Å². The van der Waals surface area contributed by atoms with Crippen molar-refractivity contribution in [1.82, 2.24) is 4.57 Å². The summed E-state index contributed by atoms with van der Waals surface area (Å²) >= 11 is 0. The van der Waals surface area contributed by atoms with Gasteiger partial charge in [0.2, 0.25) is 0 Å². The topological polar surface area (TPSA) is 39.1 Å².